The molecule has 2 aromatic rings. The topological polar surface area (TPSA) is 36.7 Å². The molecule has 0 N–H and O–H groups in total. The summed E-state index contributed by atoms with van der Waals surface area (Å²) in [7, 11) is 0. The second kappa shape index (κ2) is 8.52. The lowest BCUT2D eigenvalue weighted by molar-refractivity contribution is 1.01. The molecule has 0 amide bonds. The Morgan fingerprint density at radius 3 is 2.22 bits per heavy atom. The zero-order valence-corrected chi connectivity index (χ0v) is 11.2. The molecule has 2 nitrogen and oxygen atoms in total. The highest BCUT2D eigenvalue weighted by molar-refractivity contribution is 6.42. The van der Waals surface area contributed by atoms with E-state index in [1.807, 2.05) is 24.3 Å². The number of rotatable bonds is 2. The maximum absolute atomic E-state index is 8.34. The Morgan fingerprint density at radius 2 is 1.78 bits per heavy atom. The Hall–Kier alpha value is -1.56. The van der Waals surface area contributed by atoms with Gasteiger partial charge in [0.05, 0.1) is 16.1 Å². The second-order valence-electron chi connectivity index (χ2n) is 3.43. The Balaban J connectivity index is 0.000000225. The molecule has 0 aliphatic heterocycles. The van der Waals surface area contributed by atoms with Gasteiger partial charge in [0.15, 0.2) is 0 Å². The Labute approximate surface area is 117 Å². The minimum Gasteiger partial charge on any atom is -0.265 e. The number of nitriles is 1. The van der Waals surface area contributed by atoms with E-state index < -0.39 is 0 Å². The lowest BCUT2D eigenvalue weighted by atomic mass is 10.1. The van der Waals surface area contributed by atoms with E-state index >= 15 is 0 Å². The van der Waals surface area contributed by atoms with E-state index in [2.05, 4.69) is 11.1 Å². The largest absolute Gasteiger partial charge is 0.265 e. The number of halogens is 2. The van der Waals surface area contributed by atoms with Crippen LogP contribution in [0.2, 0.25) is 10.0 Å². The minimum atomic E-state index is 0.512. The number of nitrogens with zero attached hydrogens (tertiary/aromatic N) is 2. The van der Waals surface area contributed by atoms with Crippen molar-refractivity contribution >= 4 is 23.2 Å². The van der Waals surface area contributed by atoms with Gasteiger partial charge in [-0.05, 0) is 36.2 Å². The predicted molar refractivity (Wildman–Crippen MR) is 74.6 cm³/mol. The van der Waals surface area contributed by atoms with Crippen LogP contribution in [0.25, 0.3) is 0 Å². The van der Waals surface area contributed by atoms with Gasteiger partial charge in [-0.2, -0.15) is 5.26 Å². The first kappa shape index (κ1) is 14.5. The molecule has 0 saturated heterocycles. The third-order valence-electron chi connectivity index (χ3n) is 2.08. The zero-order valence-electron chi connectivity index (χ0n) is 9.68. The van der Waals surface area contributed by atoms with E-state index in [-0.39, 0.29) is 0 Å². The molecule has 0 aliphatic rings. The summed E-state index contributed by atoms with van der Waals surface area (Å²) in [6, 6.07) is 13.2. The van der Waals surface area contributed by atoms with Crippen molar-refractivity contribution in [1.29, 1.82) is 5.26 Å². The molecule has 92 valence electrons. The van der Waals surface area contributed by atoms with Crippen molar-refractivity contribution in [3.63, 3.8) is 0 Å². The number of hydrogen-bond donors (Lipinski definition) is 0. The van der Waals surface area contributed by atoms with Gasteiger partial charge in [-0.25, -0.2) is 0 Å². The van der Waals surface area contributed by atoms with E-state index in [0.717, 1.165) is 12.0 Å². The normalized spacial score (nSPS) is 8.94. The van der Waals surface area contributed by atoms with Crippen molar-refractivity contribution in [3.8, 4) is 6.07 Å². The highest BCUT2D eigenvalue weighted by atomic mass is 35.5. The summed E-state index contributed by atoms with van der Waals surface area (Å²) >= 11 is 11.5. The van der Waals surface area contributed by atoms with Crippen LogP contribution in [0.5, 0.6) is 0 Å². The molecular formula is C14H12Cl2N2. The van der Waals surface area contributed by atoms with E-state index in [9.17, 15) is 0 Å². The summed E-state index contributed by atoms with van der Waals surface area (Å²) < 4.78 is 0. The second-order valence-corrected chi connectivity index (χ2v) is 4.25. The summed E-state index contributed by atoms with van der Waals surface area (Å²) in [5.74, 6) is 0. The Kier molecular flexibility index (Phi) is 6.86. The summed E-state index contributed by atoms with van der Waals surface area (Å²) in [5, 5.41) is 9.44. The van der Waals surface area contributed by atoms with Gasteiger partial charge < -0.3 is 0 Å². The van der Waals surface area contributed by atoms with E-state index in [0.29, 0.717) is 16.5 Å². The summed E-state index contributed by atoms with van der Waals surface area (Å²) in [5.41, 5.74) is 1.05. The third-order valence-corrected chi connectivity index (χ3v) is 2.82. The van der Waals surface area contributed by atoms with Crippen LogP contribution in [0.1, 0.15) is 12.0 Å². The highest BCUT2D eigenvalue weighted by Crippen LogP contribution is 2.22. The zero-order chi connectivity index (χ0) is 13.2. The standard InChI is InChI=1S/C9H7Cl2N.C5H5N/c10-8-4-3-7(2-1-5-12)6-9(8)11;1-2-4-6-5-3-1/h3-4,6H,1-2H2;1-5H. The third kappa shape index (κ3) is 5.67. The van der Waals surface area contributed by atoms with Gasteiger partial charge in [0.2, 0.25) is 0 Å². The molecule has 0 saturated carbocycles. The van der Waals surface area contributed by atoms with Crippen molar-refractivity contribution in [2.45, 2.75) is 12.8 Å². The number of benzene rings is 1. The molecule has 0 radical (unpaired) electrons. The predicted octanol–water partition coefficient (Wildman–Crippen LogP) is 4.53. The maximum Gasteiger partial charge on any atom is 0.0625 e. The fourth-order valence-electron chi connectivity index (χ4n) is 1.21. The van der Waals surface area contributed by atoms with Crippen LogP contribution in [0.15, 0.2) is 48.8 Å². The highest BCUT2D eigenvalue weighted by Gasteiger charge is 1.98. The number of aromatic nitrogens is 1. The quantitative estimate of drug-likeness (QED) is 0.809. The molecule has 0 unspecified atom stereocenters. The number of pyridine rings is 1. The van der Waals surface area contributed by atoms with Gasteiger partial charge in [0.25, 0.3) is 0 Å². The van der Waals surface area contributed by atoms with Crippen molar-refractivity contribution in [2.75, 3.05) is 0 Å². The first-order valence-corrected chi connectivity index (χ1v) is 6.15. The smallest absolute Gasteiger partial charge is 0.0625 e. The monoisotopic (exact) mass is 278 g/mol. The molecular weight excluding hydrogens is 267 g/mol. The van der Waals surface area contributed by atoms with Crippen LogP contribution in [0.3, 0.4) is 0 Å². The average molecular weight is 279 g/mol. The lowest BCUT2D eigenvalue weighted by Crippen LogP contribution is -1.83. The van der Waals surface area contributed by atoms with E-state index in [4.69, 9.17) is 28.5 Å². The van der Waals surface area contributed by atoms with Crippen LogP contribution in [-0.2, 0) is 6.42 Å². The average Bonchev–Trinajstić information content (AvgIpc) is 2.43. The van der Waals surface area contributed by atoms with Crippen LogP contribution in [-0.4, -0.2) is 4.98 Å². The van der Waals surface area contributed by atoms with Crippen molar-refractivity contribution in [2.24, 2.45) is 0 Å². The summed E-state index contributed by atoms with van der Waals surface area (Å²) in [6.07, 6.45) is 4.74. The molecule has 0 fully saturated rings. The van der Waals surface area contributed by atoms with Gasteiger partial charge in [0.1, 0.15) is 0 Å². The summed E-state index contributed by atoms with van der Waals surface area (Å²) in [6.45, 7) is 0. The molecule has 1 heterocycles. The molecule has 18 heavy (non-hydrogen) atoms. The van der Waals surface area contributed by atoms with Crippen LogP contribution >= 0.6 is 23.2 Å². The number of aryl methyl sites for hydroxylation is 1. The van der Waals surface area contributed by atoms with E-state index in [1.165, 1.54) is 0 Å². The fourth-order valence-corrected chi connectivity index (χ4v) is 1.53. The Bertz CT molecular complexity index is 480. The van der Waals surface area contributed by atoms with Gasteiger partial charge in [-0.1, -0.05) is 35.3 Å². The van der Waals surface area contributed by atoms with Crippen LogP contribution in [0.4, 0.5) is 0 Å². The lowest BCUT2D eigenvalue weighted by Gasteiger charge is -1.99. The van der Waals surface area contributed by atoms with E-state index in [1.54, 1.807) is 24.5 Å². The fraction of sp³-hybridized carbons (Fsp3) is 0.143. The van der Waals surface area contributed by atoms with Gasteiger partial charge >= 0.3 is 0 Å². The van der Waals surface area contributed by atoms with Crippen molar-refractivity contribution in [1.82, 2.24) is 4.98 Å². The van der Waals surface area contributed by atoms with Gasteiger partial charge in [-0.3, -0.25) is 4.98 Å². The number of hydrogen-bond acceptors (Lipinski definition) is 2. The molecule has 1 aromatic carbocycles. The minimum absolute atomic E-state index is 0.512. The SMILES string of the molecule is N#CCCc1ccc(Cl)c(Cl)c1.c1ccncc1. The Morgan fingerprint density at radius 1 is 1.06 bits per heavy atom. The van der Waals surface area contributed by atoms with Gasteiger partial charge in [-0.15, -0.1) is 0 Å². The molecule has 0 bridgehead atoms. The molecule has 0 spiro atoms. The van der Waals surface area contributed by atoms with Gasteiger partial charge in [0, 0.05) is 18.8 Å². The summed E-state index contributed by atoms with van der Waals surface area (Å²) in [4.78, 5) is 3.78. The van der Waals surface area contributed by atoms with Crippen molar-refractivity contribution < 1.29 is 0 Å². The maximum atomic E-state index is 8.34. The van der Waals surface area contributed by atoms with Crippen LogP contribution < -0.4 is 0 Å². The molecule has 1 aromatic heterocycles. The molecule has 0 aliphatic carbocycles. The first-order valence-electron chi connectivity index (χ1n) is 5.40. The van der Waals surface area contributed by atoms with Crippen LogP contribution in [0, 0.1) is 11.3 Å². The molecule has 2 rings (SSSR count). The molecule has 0 atom stereocenters. The molecule has 4 heteroatoms. The van der Waals surface area contributed by atoms with Crippen molar-refractivity contribution in [3.05, 3.63) is 64.4 Å². The first-order chi connectivity index (χ1) is 8.74.